The molecule has 4 nitrogen and oxygen atoms in total. The highest BCUT2D eigenvalue weighted by atomic mass is 19.1. The molecule has 3 N–H and O–H groups in total. The summed E-state index contributed by atoms with van der Waals surface area (Å²) in [5.74, 6) is -0.815. The molecule has 0 aromatic carbocycles. The van der Waals surface area contributed by atoms with E-state index in [2.05, 4.69) is 6.58 Å². The van der Waals surface area contributed by atoms with Gasteiger partial charge in [0.1, 0.15) is 12.2 Å². The van der Waals surface area contributed by atoms with Gasteiger partial charge in [-0.1, -0.05) is 6.08 Å². The van der Waals surface area contributed by atoms with Gasteiger partial charge >= 0.3 is 0 Å². The normalized spacial score (nSPS) is 43.6. The Labute approximate surface area is 81.6 Å². The summed E-state index contributed by atoms with van der Waals surface area (Å²) in [4.78, 5) is 0. The minimum absolute atomic E-state index is 0.220. The lowest BCUT2D eigenvalue weighted by Crippen LogP contribution is -2.54. The zero-order valence-electron chi connectivity index (χ0n) is 7.71. The summed E-state index contributed by atoms with van der Waals surface area (Å²) < 4.78 is 18.0. The van der Waals surface area contributed by atoms with Crippen LogP contribution in [0.1, 0.15) is 6.42 Å². The van der Waals surface area contributed by atoms with Gasteiger partial charge in [0.15, 0.2) is 0 Å². The zero-order chi connectivity index (χ0) is 10.7. The molecule has 0 aliphatic carbocycles. The number of aliphatic hydroxyl groups excluding tert-OH is 3. The Morgan fingerprint density at radius 2 is 2.00 bits per heavy atom. The Bertz CT molecular complexity index is 199. The summed E-state index contributed by atoms with van der Waals surface area (Å²) in [5, 5.41) is 27.7. The van der Waals surface area contributed by atoms with Crippen LogP contribution in [0.3, 0.4) is 0 Å². The fourth-order valence-electron chi connectivity index (χ4n) is 1.57. The van der Waals surface area contributed by atoms with E-state index in [0.717, 1.165) is 0 Å². The van der Waals surface area contributed by atoms with Crippen LogP contribution in [0.25, 0.3) is 0 Å². The molecule has 1 heterocycles. The van der Waals surface area contributed by atoms with Crippen molar-refractivity contribution in [2.75, 3.05) is 6.61 Å². The lowest BCUT2D eigenvalue weighted by molar-refractivity contribution is -0.243. The molecule has 1 fully saturated rings. The van der Waals surface area contributed by atoms with E-state index in [9.17, 15) is 14.6 Å². The largest absolute Gasteiger partial charge is 0.394 e. The summed E-state index contributed by atoms with van der Waals surface area (Å²) in [5.41, 5.74) is 0. The third-order valence-electron chi connectivity index (χ3n) is 2.43. The predicted octanol–water partition coefficient (Wildman–Crippen LogP) is -0.413. The highest BCUT2D eigenvalue weighted by Crippen LogP contribution is 2.29. The molecule has 1 aliphatic heterocycles. The quantitative estimate of drug-likeness (QED) is 0.549. The molecule has 1 unspecified atom stereocenters. The maximum absolute atomic E-state index is 13.2. The van der Waals surface area contributed by atoms with E-state index in [-0.39, 0.29) is 6.42 Å². The molecule has 0 spiro atoms. The van der Waals surface area contributed by atoms with E-state index in [1.54, 1.807) is 0 Å². The first-order valence-corrected chi connectivity index (χ1v) is 4.49. The zero-order valence-corrected chi connectivity index (χ0v) is 7.71. The second-order valence-electron chi connectivity index (χ2n) is 3.38. The Morgan fingerprint density at radius 1 is 1.36 bits per heavy atom. The lowest BCUT2D eigenvalue weighted by atomic mass is 9.89. The molecular formula is C9H15FO4. The van der Waals surface area contributed by atoms with Crippen LogP contribution in [-0.4, -0.2) is 46.6 Å². The molecule has 0 bridgehead atoms. The molecule has 0 aromatic heterocycles. The minimum atomic E-state index is -1.68. The van der Waals surface area contributed by atoms with Crippen molar-refractivity contribution in [3.8, 4) is 0 Å². The summed E-state index contributed by atoms with van der Waals surface area (Å²) in [6.45, 7) is 2.91. The average Bonchev–Trinajstić information content (AvgIpc) is 2.18. The van der Waals surface area contributed by atoms with Crippen LogP contribution in [0.5, 0.6) is 0 Å². The van der Waals surface area contributed by atoms with Gasteiger partial charge in [-0.15, -0.1) is 6.58 Å². The Morgan fingerprint density at radius 3 is 2.50 bits per heavy atom. The first-order chi connectivity index (χ1) is 6.61. The molecule has 5 atom stereocenters. The first-order valence-electron chi connectivity index (χ1n) is 4.49. The number of ether oxygens (including phenoxy) is 1. The second-order valence-corrected chi connectivity index (χ2v) is 3.38. The highest BCUT2D eigenvalue weighted by molar-refractivity contribution is 4.91. The Hall–Kier alpha value is -0.490. The summed E-state index contributed by atoms with van der Waals surface area (Å²) in [6.07, 6.45) is -3.54. The predicted molar refractivity (Wildman–Crippen MR) is 47.2 cm³/mol. The number of aliphatic hydroxyl groups is 3. The van der Waals surface area contributed by atoms with E-state index >= 15 is 0 Å². The standard InChI is InChI=1S/C9H15FO4/c1-2-3-5-7(12)8(13)6(4-11)14-9(5)10/h2,5-9,11-13H,1,3-4H2/t5-,6-,7-,8-,9?/m1/s1. The van der Waals surface area contributed by atoms with Crippen LogP contribution in [0, 0.1) is 5.92 Å². The van der Waals surface area contributed by atoms with E-state index in [1.165, 1.54) is 6.08 Å². The smallest absolute Gasteiger partial charge is 0.204 e. The molecule has 0 amide bonds. The van der Waals surface area contributed by atoms with Gasteiger partial charge in [-0.25, -0.2) is 4.39 Å². The van der Waals surface area contributed by atoms with Gasteiger partial charge in [-0.2, -0.15) is 0 Å². The van der Waals surface area contributed by atoms with Crippen LogP contribution >= 0.6 is 0 Å². The monoisotopic (exact) mass is 206 g/mol. The van der Waals surface area contributed by atoms with E-state index in [1.807, 2.05) is 0 Å². The fraction of sp³-hybridized carbons (Fsp3) is 0.778. The number of hydrogen-bond donors (Lipinski definition) is 3. The van der Waals surface area contributed by atoms with Crippen molar-refractivity contribution in [3.63, 3.8) is 0 Å². The molecule has 0 saturated carbocycles. The molecular weight excluding hydrogens is 191 g/mol. The number of allylic oxidation sites excluding steroid dienone is 1. The average molecular weight is 206 g/mol. The third kappa shape index (κ3) is 2.12. The van der Waals surface area contributed by atoms with Gasteiger partial charge in [0.25, 0.3) is 0 Å². The Kier molecular flexibility index (Phi) is 4.00. The number of halogens is 1. The van der Waals surface area contributed by atoms with Crippen molar-refractivity contribution in [2.45, 2.75) is 31.1 Å². The number of alkyl halides is 1. The Balaban J connectivity index is 2.68. The minimum Gasteiger partial charge on any atom is -0.394 e. The topological polar surface area (TPSA) is 69.9 Å². The van der Waals surface area contributed by atoms with E-state index < -0.39 is 37.2 Å². The van der Waals surface area contributed by atoms with Gasteiger partial charge < -0.3 is 20.1 Å². The summed E-state index contributed by atoms with van der Waals surface area (Å²) >= 11 is 0. The van der Waals surface area contributed by atoms with Gasteiger partial charge in [0.05, 0.1) is 12.7 Å². The fourth-order valence-corrected chi connectivity index (χ4v) is 1.57. The molecule has 1 aliphatic rings. The second kappa shape index (κ2) is 4.84. The van der Waals surface area contributed by atoms with Crippen molar-refractivity contribution in [3.05, 3.63) is 12.7 Å². The van der Waals surface area contributed by atoms with E-state index in [4.69, 9.17) is 9.84 Å². The summed E-state index contributed by atoms with van der Waals surface area (Å²) in [7, 11) is 0. The van der Waals surface area contributed by atoms with Crippen LogP contribution in [0.2, 0.25) is 0 Å². The van der Waals surface area contributed by atoms with Gasteiger partial charge in [0, 0.05) is 5.92 Å². The molecule has 0 aromatic rings. The molecule has 82 valence electrons. The van der Waals surface area contributed by atoms with Crippen LogP contribution in [-0.2, 0) is 4.74 Å². The maximum Gasteiger partial charge on any atom is 0.204 e. The van der Waals surface area contributed by atoms with Crippen molar-refractivity contribution in [2.24, 2.45) is 5.92 Å². The van der Waals surface area contributed by atoms with Crippen LogP contribution in [0.4, 0.5) is 4.39 Å². The number of rotatable bonds is 3. The van der Waals surface area contributed by atoms with Crippen molar-refractivity contribution < 1.29 is 24.4 Å². The SMILES string of the molecule is C=CC[C@H]1C(F)O[C@H](CO)[C@@H](O)[C@@H]1O. The lowest BCUT2D eigenvalue weighted by Gasteiger charge is -2.38. The molecule has 1 saturated heterocycles. The van der Waals surface area contributed by atoms with Gasteiger partial charge in [-0.3, -0.25) is 0 Å². The van der Waals surface area contributed by atoms with Gasteiger partial charge in [0.2, 0.25) is 6.36 Å². The van der Waals surface area contributed by atoms with Crippen molar-refractivity contribution in [1.82, 2.24) is 0 Å². The first kappa shape index (κ1) is 11.6. The molecule has 5 heteroatoms. The molecule has 1 rings (SSSR count). The maximum atomic E-state index is 13.2. The van der Waals surface area contributed by atoms with Gasteiger partial charge in [-0.05, 0) is 6.42 Å². The van der Waals surface area contributed by atoms with Crippen LogP contribution in [0.15, 0.2) is 12.7 Å². The molecule has 0 radical (unpaired) electrons. The highest BCUT2D eigenvalue weighted by Gasteiger charge is 2.43. The van der Waals surface area contributed by atoms with Crippen molar-refractivity contribution in [1.29, 1.82) is 0 Å². The third-order valence-corrected chi connectivity index (χ3v) is 2.43. The molecule has 14 heavy (non-hydrogen) atoms. The number of hydrogen-bond acceptors (Lipinski definition) is 4. The van der Waals surface area contributed by atoms with Crippen LogP contribution < -0.4 is 0 Å². The van der Waals surface area contributed by atoms with E-state index in [0.29, 0.717) is 0 Å². The van der Waals surface area contributed by atoms with Crippen molar-refractivity contribution >= 4 is 0 Å². The summed E-state index contributed by atoms with van der Waals surface area (Å²) in [6, 6.07) is 0.